The molecular weight excluding hydrogens is 294 g/mol. The van der Waals surface area contributed by atoms with Crippen LogP contribution in [0.15, 0.2) is 0 Å². The molecule has 1 aliphatic carbocycles. The second-order valence-corrected chi connectivity index (χ2v) is 6.83. The van der Waals surface area contributed by atoms with Gasteiger partial charge in [-0.05, 0) is 38.6 Å². The minimum atomic E-state index is -0.138. The van der Waals surface area contributed by atoms with Crippen molar-refractivity contribution in [1.29, 1.82) is 0 Å². The van der Waals surface area contributed by atoms with Crippen molar-refractivity contribution in [2.24, 2.45) is 0 Å². The van der Waals surface area contributed by atoms with Gasteiger partial charge in [-0.1, -0.05) is 12.8 Å². The maximum absolute atomic E-state index is 11.7. The second-order valence-electron chi connectivity index (χ2n) is 6.83. The third kappa shape index (κ3) is 7.31. The summed E-state index contributed by atoms with van der Waals surface area (Å²) in [5.74, 6) is -0.0421. The molecule has 2 amide bonds. The maximum Gasteiger partial charge on any atom is 0.220 e. The summed E-state index contributed by atoms with van der Waals surface area (Å²) in [6.45, 7) is 3.49. The fourth-order valence-corrected chi connectivity index (χ4v) is 3.36. The van der Waals surface area contributed by atoms with Gasteiger partial charge in [-0.3, -0.25) is 9.59 Å². The number of hydrogen-bond acceptors (Lipinski definition) is 4. The Balaban J connectivity index is 1.45. The molecule has 0 radical (unpaired) electrons. The predicted octanol–water partition coefficient (Wildman–Crippen LogP) is 0.788. The zero-order valence-electron chi connectivity index (χ0n) is 14.1. The monoisotopic (exact) mass is 325 g/mol. The lowest BCUT2D eigenvalue weighted by Crippen LogP contribution is -2.37. The molecule has 2 aliphatic rings. The van der Waals surface area contributed by atoms with Crippen molar-refractivity contribution in [3.05, 3.63) is 0 Å². The average Bonchev–Trinajstić information content (AvgIpc) is 3.04. The molecule has 2 fully saturated rings. The van der Waals surface area contributed by atoms with Gasteiger partial charge in [0, 0.05) is 38.5 Å². The number of likely N-dealkylation sites (tertiary alicyclic amines) is 1. The first-order valence-electron chi connectivity index (χ1n) is 9.10. The lowest BCUT2D eigenvalue weighted by Gasteiger charge is -2.29. The molecule has 0 aromatic rings. The van der Waals surface area contributed by atoms with Gasteiger partial charge in [0.2, 0.25) is 11.8 Å². The Labute approximate surface area is 139 Å². The molecule has 0 aromatic heterocycles. The molecule has 132 valence electrons. The number of amides is 2. The number of piperidine rings is 1. The SMILES string of the molecule is O=C(CCC(=O)NC1CCCC1)NCCCN1CCC(O)CC1. The summed E-state index contributed by atoms with van der Waals surface area (Å²) in [5, 5.41) is 15.3. The molecule has 2 rings (SSSR count). The summed E-state index contributed by atoms with van der Waals surface area (Å²) in [6.07, 6.45) is 7.57. The van der Waals surface area contributed by atoms with Crippen LogP contribution >= 0.6 is 0 Å². The molecule has 0 unspecified atom stereocenters. The van der Waals surface area contributed by atoms with Crippen molar-refractivity contribution in [3.8, 4) is 0 Å². The van der Waals surface area contributed by atoms with Crippen molar-refractivity contribution in [2.75, 3.05) is 26.2 Å². The molecule has 1 heterocycles. The van der Waals surface area contributed by atoms with Gasteiger partial charge in [-0.15, -0.1) is 0 Å². The first-order chi connectivity index (χ1) is 11.1. The summed E-state index contributed by atoms with van der Waals surface area (Å²) in [5.41, 5.74) is 0. The van der Waals surface area contributed by atoms with Crippen LogP contribution in [0.4, 0.5) is 0 Å². The fourth-order valence-electron chi connectivity index (χ4n) is 3.36. The van der Waals surface area contributed by atoms with E-state index in [0.717, 1.165) is 51.7 Å². The van der Waals surface area contributed by atoms with Crippen LogP contribution in [0, 0.1) is 0 Å². The Bertz CT molecular complexity index is 375. The van der Waals surface area contributed by atoms with Gasteiger partial charge in [-0.2, -0.15) is 0 Å². The molecule has 23 heavy (non-hydrogen) atoms. The summed E-state index contributed by atoms with van der Waals surface area (Å²) >= 11 is 0. The number of carbonyl (C=O) groups excluding carboxylic acids is 2. The largest absolute Gasteiger partial charge is 0.393 e. The lowest BCUT2D eigenvalue weighted by molar-refractivity contribution is -0.126. The minimum Gasteiger partial charge on any atom is -0.393 e. The van der Waals surface area contributed by atoms with E-state index < -0.39 is 0 Å². The number of aliphatic hydroxyl groups is 1. The number of nitrogens with zero attached hydrogens (tertiary/aromatic N) is 1. The van der Waals surface area contributed by atoms with E-state index >= 15 is 0 Å². The molecule has 1 aliphatic heterocycles. The smallest absolute Gasteiger partial charge is 0.220 e. The first-order valence-corrected chi connectivity index (χ1v) is 9.10. The molecule has 3 N–H and O–H groups in total. The maximum atomic E-state index is 11.7. The fraction of sp³-hybridized carbons (Fsp3) is 0.882. The van der Waals surface area contributed by atoms with E-state index in [0.29, 0.717) is 12.6 Å². The van der Waals surface area contributed by atoms with E-state index in [4.69, 9.17) is 0 Å². The van der Waals surface area contributed by atoms with Crippen LogP contribution in [0.5, 0.6) is 0 Å². The third-order valence-corrected chi connectivity index (χ3v) is 4.83. The topological polar surface area (TPSA) is 81.7 Å². The van der Waals surface area contributed by atoms with E-state index in [1.807, 2.05) is 0 Å². The minimum absolute atomic E-state index is 0.000996. The Hall–Kier alpha value is -1.14. The molecule has 6 nitrogen and oxygen atoms in total. The summed E-state index contributed by atoms with van der Waals surface area (Å²) < 4.78 is 0. The molecule has 0 bridgehead atoms. The van der Waals surface area contributed by atoms with Gasteiger partial charge in [0.25, 0.3) is 0 Å². The standard InChI is InChI=1S/C17H31N3O3/c21-15-8-12-20(13-9-15)11-3-10-18-16(22)6-7-17(23)19-14-4-1-2-5-14/h14-15,21H,1-13H2,(H,18,22)(H,19,23). The van der Waals surface area contributed by atoms with E-state index in [9.17, 15) is 14.7 Å². The number of carbonyl (C=O) groups is 2. The van der Waals surface area contributed by atoms with Crippen LogP contribution in [0.3, 0.4) is 0 Å². The van der Waals surface area contributed by atoms with Crippen LogP contribution in [0.1, 0.15) is 57.8 Å². The molecule has 6 heteroatoms. The zero-order chi connectivity index (χ0) is 16.5. The third-order valence-electron chi connectivity index (χ3n) is 4.83. The van der Waals surface area contributed by atoms with Gasteiger partial charge >= 0.3 is 0 Å². The van der Waals surface area contributed by atoms with Crippen molar-refractivity contribution < 1.29 is 14.7 Å². The highest BCUT2D eigenvalue weighted by Gasteiger charge is 2.18. The van der Waals surface area contributed by atoms with Gasteiger partial charge in [-0.25, -0.2) is 0 Å². The lowest BCUT2D eigenvalue weighted by atomic mass is 10.1. The molecule has 0 aromatic carbocycles. The molecule has 1 saturated heterocycles. The van der Waals surface area contributed by atoms with Gasteiger partial charge in [0.1, 0.15) is 0 Å². The Morgan fingerprint density at radius 3 is 2.35 bits per heavy atom. The second kappa shape index (κ2) is 9.88. The van der Waals surface area contributed by atoms with Crippen molar-refractivity contribution in [2.45, 2.75) is 69.9 Å². The van der Waals surface area contributed by atoms with E-state index in [-0.39, 0.29) is 30.8 Å². The van der Waals surface area contributed by atoms with Crippen LogP contribution in [0.25, 0.3) is 0 Å². The highest BCUT2D eigenvalue weighted by molar-refractivity contribution is 5.83. The first kappa shape index (κ1) is 18.2. The predicted molar refractivity (Wildman–Crippen MR) is 88.9 cm³/mol. The van der Waals surface area contributed by atoms with Crippen molar-refractivity contribution >= 4 is 11.8 Å². The summed E-state index contributed by atoms with van der Waals surface area (Å²) in [7, 11) is 0. The van der Waals surface area contributed by atoms with E-state index in [1.165, 1.54) is 12.8 Å². The summed E-state index contributed by atoms with van der Waals surface area (Å²) in [6, 6.07) is 0.327. The number of hydrogen-bond donors (Lipinski definition) is 3. The van der Waals surface area contributed by atoms with Gasteiger partial charge < -0.3 is 20.6 Å². The Morgan fingerprint density at radius 1 is 1.00 bits per heavy atom. The van der Waals surface area contributed by atoms with Crippen LogP contribution in [-0.4, -0.2) is 60.1 Å². The van der Waals surface area contributed by atoms with Crippen LogP contribution in [-0.2, 0) is 9.59 Å². The Morgan fingerprint density at radius 2 is 1.65 bits per heavy atom. The van der Waals surface area contributed by atoms with Gasteiger partial charge in [0.05, 0.1) is 6.10 Å². The zero-order valence-corrected chi connectivity index (χ0v) is 14.1. The highest BCUT2D eigenvalue weighted by Crippen LogP contribution is 2.17. The number of aliphatic hydroxyl groups excluding tert-OH is 1. The molecular formula is C17H31N3O3. The highest BCUT2D eigenvalue weighted by atomic mass is 16.3. The van der Waals surface area contributed by atoms with E-state index in [1.54, 1.807) is 0 Å². The van der Waals surface area contributed by atoms with E-state index in [2.05, 4.69) is 15.5 Å². The average molecular weight is 325 g/mol. The molecule has 0 atom stereocenters. The van der Waals surface area contributed by atoms with Crippen molar-refractivity contribution in [1.82, 2.24) is 15.5 Å². The number of rotatable bonds is 8. The molecule has 1 saturated carbocycles. The summed E-state index contributed by atoms with van der Waals surface area (Å²) in [4.78, 5) is 25.8. The number of nitrogens with one attached hydrogen (secondary N) is 2. The quantitative estimate of drug-likeness (QED) is 0.576. The van der Waals surface area contributed by atoms with Gasteiger partial charge in [0.15, 0.2) is 0 Å². The molecule has 0 spiro atoms. The van der Waals surface area contributed by atoms with Crippen LogP contribution in [0.2, 0.25) is 0 Å². The normalized spacial score (nSPS) is 20.6. The Kier molecular flexibility index (Phi) is 7.82. The van der Waals surface area contributed by atoms with Crippen molar-refractivity contribution in [3.63, 3.8) is 0 Å². The van der Waals surface area contributed by atoms with Crippen LogP contribution < -0.4 is 10.6 Å².